The molecule has 4 nitrogen and oxygen atoms in total. The van der Waals surface area contributed by atoms with Gasteiger partial charge in [-0.05, 0) is 69.5 Å². The zero-order valence-electron chi connectivity index (χ0n) is 14.8. The summed E-state index contributed by atoms with van der Waals surface area (Å²) in [5, 5.41) is 1.03. The van der Waals surface area contributed by atoms with E-state index in [-0.39, 0.29) is 11.9 Å². The average molecular weight is 344 g/mol. The van der Waals surface area contributed by atoms with Crippen LogP contribution in [-0.4, -0.2) is 42.2 Å². The summed E-state index contributed by atoms with van der Waals surface area (Å²) in [6, 6.07) is 4.98. The highest BCUT2D eigenvalue weighted by atomic mass is 19.1. The number of piperidine rings is 1. The van der Waals surface area contributed by atoms with Gasteiger partial charge in [-0.2, -0.15) is 0 Å². The highest BCUT2D eigenvalue weighted by Crippen LogP contribution is 2.33. The van der Waals surface area contributed by atoms with Crippen molar-refractivity contribution in [2.24, 2.45) is 0 Å². The number of halogens is 1. The summed E-state index contributed by atoms with van der Waals surface area (Å²) in [5.74, 6) is 2.10. The lowest BCUT2D eigenvalue weighted by atomic mass is 9.89. The number of aromatic nitrogens is 1. The zero-order chi connectivity index (χ0) is 17.4. The monoisotopic (exact) mass is 344 g/mol. The maximum atomic E-state index is 13.6. The largest absolute Gasteiger partial charge is 0.491 e. The van der Waals surface area contributed by atoms with E-state index in [1.54, 1.807) is 6.07 Å². The molecule has 1 saturated heterocycles. The molecule has 1 N–H and O–H groups in total. The van der Waals surface area contributed by atoms with Crippen molar-refractivity contribution >= 4 is 10.9 Å². The molecule has 1 unspecified atom stereocenters. The lowest BCUT2D eigenvalue weighted by Gasteiger charge is -2.35. The fourth-order valence-electron chi connectivity index (χ4n) is 3.94. The molecule has 0 spiro atoms. The smallest absolute Gasteiger partial charge is 0.145 e. The summed E-state index contributed by atoms with van der Waals surface area (Å²) < 4.78 is 25.2. The standard InChI is InChI=1S/C20H25FN2O2/c1-13-14(2)25-17(12-24-13)11-23-7-5-15(6-8-23)19-10-22-20-4-3-16(21)9-18(19)20/h3-4,9-10,15,17,22H,5-8,11-12H2,1-2H3. The number of nitrogens with one attached hydrogen (secondary N) is 1. The number of fused-ring (bicyclic) bond motifs is 1. The van der Waals surface area contributed by atoms with Crippen LogP contribution in [-0.2, 0) is 9.47 Å². The Balaban J connectivity index is 1.37. The van der Waals surface area contributed by atoms with Gasteiger partial charge >= 0.3 is 0 Å². The first-order valence-corrected chi connectivity index (χ1v) is 9.06. The molecule has 0 amide bonds. The second-order valence-electron chi connectivity index (χ2n) is 7.17. The van der Waals surface area contributed by atoms with E-state index in [1.165, 1.54) is 11.6 Å². The second-order valence-corrected chi connectivity index (χ2v) is 7.17. The highest BCUT2D eigenvalue weighted by Gasteiger charge is 2.27. The van der Waals surface area contributed by atoms with Crippen molar-refractivity contribution in [2.45, 2.75) is 38.7 Å². The van der Waals surface area contributed by atoms with Gasteiger partial charge in [0.25, 0.3) is 0 Å². The van der Waals surface area contributed by atoms with Crippen LogP contribution in [0.4, 0.5) is 4.39 Å². The van der Waals surface area contributed by atoms with Gasteiger partial charge in [-0.15, -0.1) is 0 Å². The maximum Gasteiger partial charge on any atom is 0.145 e. The van der Waals surface area contributed by atoms with Crippen molar-refractivity contribution < 1.29 is 13.9 Å². The topological polar surface area (TPSA) is 37.5 Å². The minimum absolute atomic E-state index is 0.113. The van der Waals surface area contributed by atoms with Crippen molar-refractivity contribution in [1.82, 2.24) is 9.88 Å². The van der Waals surface area contributed by atoms with Crippen molar-refractivity contribution in [3.05, 3.63) is 47.3 Å². The van der Waals surface area contributed by atoms with Crippen molar-refractivity contribution in [2.75, 3.05) is 26.2 Å². The molecule has 1 aromatic carbocycles. The molecule has 1 aromatic heterocycles. The lowest BCUT2D eigenvalue weighted by Crippen LogP contribution is -2.41. The molecule has 2 aliphatic rings. The highest BCUT2D eigenvalue weighted by molar-refractivity contribution is 5.83. The number of hydrogen-bond donors (Lipinski definition) is 1. The van der Waals surface area contributed by atoms with Crippen LogP contribution >= 0.6 is 0 Å². The zero-order valence-corrected chi connectivity index (χ0v) is 14.8. The summed E-state index contributed by atoms with van der Waals surface area (Å²) in [6.45, 7) is 7.51. The van der Waals surface area contributed by atoms with Crippen LogP contribution in [0.2, 0.25) is 0 Å². The first kappa shape index (κ1) is 16.5. The molecule has 1 fully saturated rings. The fourth-order valence-corrected chi connectivity index (χ4v) is 3.94. The van der Waals surface area contributed by atoms with E-state index in [2.05, 4.69) is 16.1 Å². The first-order valence-electron chi connectivity index (χ1n) is 9.06. The average Bonchev–Trinajstić information content (AvgIpc) is 3.02. The third-order valence-corrected chi connectivity index (χ3v) is 5.49. The Morgan fingerprint density at radius 3 is 2.76 bits per heavy atom. The Morgan fingerprint density at radius 1 is 1.20 bits per heavy atom. The van der Waals surface area contributed by atoms with E-state index in [1.807, 2.05) is 19.9 Å². The summed E-state index contributed by atoms with van der Waals surface area (Å²) in [7, 11) is 0. The van der Waals surface area contributed by atoms with Crippen LogP contribution in [0.1, 0.15) is 38.2 Å². The molecule has 2 aliphatic heterocycles. The molecule has 0 radical (unpaired) electrons. The SMILES string of the molecule is CC1=C(C)OC(CN2CCC(c3c[nH]c4ccc(F)cc34)CC2)CO1. The van der Waals surface area contributed by atoms with E-state index in [0.29, 0.717) is 12.5 Å². The summed E-state index contributed by atoms with van der Waals surface area (Å²) in [4.78, 5) is 5.73. The van der Waals surface area contributed by atoms with Crippen molar-refractivity contribution in [3.63, 3.8) is 0 Å². The number of H-pyrrole nitrogens is 1. The molecule has 1 atom stereocenters. The Bertz CT molecular complexity index is 790. The van der Waals surface area contributed by atoms with Gasteiger partial charge in [0.05, 0.1) is 0 Å². The third kappa shape index (κ3) is 3.38. The van der Waals surface area contributed by atoms with Crippen molar-refractivity contribution in [3.8, 4) is 0 Å². The van der Waals surface area contributed by atoms with Crippen LogP contribution < -0.4 is 0 Å². The third-order valence-electron chi connectivity index (χ3n) is 5.49. The van der Waals surface area contributed by atoms with E-state index < -0.39 is 0 Å². The van der Waals surface area contributed by atoms with Gasteiger partial charge in [-0.1, -0.05) is 0 Å². The van der Waals surface area contributed by atoms with Crippen LogP contribution in [0.25, 0.3) is 10.9 Å². The molecular weight excluding hydrogens is 319 g/mol. The molecule has 134 valence electrons. The Hall–Kier alpha value is -2.01. The van der Waals surface area contributed by atoms with Gasteiger partial charge < -0.3 is 14.5 Å². The van der Waals surface area contributed by atoms with E-state index in [9.17, 15) is 4.39 Å². The molecule has 0 saturated carbocycles. The number of aromatic amines is 1. The molecule has 0 bridgehead atoms. The van der Waals surface area contributed by atoms with Crippen LogP contribution in [0.15, 0.2) is 35.9 Å². The minimum atomic E-state index is -0.168. The number of hydrogen-bond acceptors (Lipinski definition) is 3. The van der Waals surface area contributed by atoms with Gasteiger partial charge in [0, 0.05) is 23.6 Å². The summed E-state index contributed by atoms with van der Waals surface area (Å²) >= 11 is 0. The number of nitrogens with zero attached hydrogens (tertiary/aromatic N) is 1. The number of ether oxygens (including phenoxy) is 2. The van der Waals surface area contributed by atoms with Gasteiger partial charge in [-0.25, -0.2) is 4.39 Å². The van der Waals surface area contributed by atoms with Crippen molar-refractivity contribution in [1.29, 1.82) is 0 Å². The van der Waals surface area contributed by atoms with E-state index in [4.69, 9.17) is 9.47 Å². The van der Waals surface area contributed by atoms with Crippen LogP contribution in [0.3, 0.4) is 0 Å². The van der Waals surface area contributed by atoms with E-state index >= 15 is 0 Å². The number of likely N-dealkylation sites (tertiary alicyclic amines) is 1. The van der Waals surface area contributed by atoms with Crippen LogP contribution in [0, 0.1) is 5.82 Å². The molecular formula is C20H25FN2O2. The summed E-state index contributed by atoms with van der Waals surface area (Å²) in [6.07, 6.45) is 4.34. The number of rotatable bonds is 3. The Kier molecular flexibility index (Phi) is 4.42. The van der Waals surface area contributed by atoms with Gasteiger partial charge in [0.2, 0.25) is 0 Å². The summed E-state index contributed by atoms with van der Waals surface area (Å²) in [5.41, 5.74) is 2.27. The molecule has 25 heavy (non-hydrogen) atoms. The van der Waals surface area contributed by atoms with Gasteiger partial charge in [0.1, 0.15) is 30.0 Å². The van der Waals surface area contributed by atoms with Gasteiger partial charge in [-0.3, -0.25) is 4.90 Å². The molecule has 5 heteroatoms. The molecule has 3 heterocycles. The predicted octanol–water partition coefficient (Wildman–Crippen LogP) is 4.15. The van der Waals surface area contributed by atoms with Gasteiger partial charge in [0.15, 0.2) is 0 Å². The normalized spacial score (nSPS) is 22.9. The molecule has 2 aromatic rings. The number of benzene rings is 1. The quantitative estimate of drug-likeness (QED) is 0.909. The predicted molar refractivity (Wildman–Crippen MR) is 95.9 cm³/mol. The first-order chi connectivity index (χ1) is 12.1. The fraction of sp³-hybridized carbons (Fsp3) is 0.500. The molecule has 0 aliphatic carbocycles. The Morgan fingerprint density at radius 2 is 2.00 bits per heavy atom. The maximum absolute atomic E-state index is 13.6. The lowest BCUT2D eigenvalue weighted by molar-refractivity contribution is -0.0224. The minimum Gasteiger partial charge on any atom is -0.491 e. The number of allylic oxidation sites excluding steroid dienone is 2. The molecule has 4 rings (SSSR count). The van der Waals surface area contributed by atoms with Crippen LogP contribution in [0.5, 0.6) is 0 Å². The van der Waals surface area contributed by atoms with E-state index in [0.717, 1.165) is 54.9 Å². The second kappa shape index (κ2) is 6.71. The Labute approximate surface area is 147 Å².